The molecule has 1 N–H and O–H groups in total. The topological polar surface area (TPSA) is 58.9 Å². The number of aryl methyl sites for hydroxylation is 2. The minimum Gasteiger partial charge on any atom is -0.350 e. The fourth-order valence-corrected chi connectivity index (χ4v) is 4.59. The Morgan fingerprint density at radius 1 is 1.19 bits per heavy atom. The highest BCUT2D eigenvalue weighted by atomic mass is 19.1. The van der Waals surface area contributed by atoms with Crippen LogP contribution in [0.1, 0.15) is 35.8 Å². The average Bonchev–Trinajstić information content (AvgIpc) is 3.33. The van der Waals surface area contributed by atoms with Gasteiger partial charge in [-0.1, -0.05) is 0 Å². The predicted molar refractivity (Wildman–Crippen MR) is 120 cm³/mol. The third-order valence-electron chi connectivity index (χ3n) is 5.92. The zero-order chi connectivity index (χ0) is 21.4. The molecule has 0 bridgehead atoms. The molecule has 4 heterocycles. The molecule has 1 aliphatic rings. The molecule has 1 saturated heterocycles. The van der Waals surface area contributed by atoms with Crippen LogP contribution in [0.3, 0.4) is 0 Å². The lowest BCUT2D eigenvalue weighted by atomic mass is 10.1. The van der Waals surface area contributed by atoms with Crippen LogP contribution in [0, 0.1) is 12.7 Å². The van der Waals surface area contributed by atoms with Gasteiger partial charge in [0.05, 0.1) is 17.9 Å². The monoisotopic (exact) mass is 416 g/mol. The molecule has 1 unspecified atom stereocenters. The third kappa shape index (κ3) is 4.01. The number of likely N-dealkylation sites (tertiary alicyclic amines) is 1. The molecule has 0 amide bonds. The van der Waals surface area contributed by atoms with Crippen LogP contribution >= 0.6 is 0 Å². The maximum atomic E-state index is 13.9. The number of fused-ring (bicyclic) bond motifs is 1. The maximum absolute atomic E-state index is 13.9. The highest BCUT2D eigenvalue weighted by molar-refractivity contribution is 5.84. The zero-order valence-electron chi connectivity index (χ0n) is 17.7. The van der Waals surface area contributed by atoms with Gasteiger partial charge in [0.2, 0.25) is 0 Å². The minimum absolute atomic E-state index is 0.196. The van der Waals surface area contributed by atoms with Crippen molar-refractivity contribution in [3.05, 3.63) is 77.9 Å². The second-order valence-corrected chi connectivity index (χ2v) is 8.19. The number of aromatic nitrogens is 4. The van der Waals surface area contributed by atoms with E-state index in [1.54, 1.807) is 24.7 Å². The Morgan fingerprint density at radius 3 is 2.94 bits per heavy atom. The Kier molecular flexibility index (Phi) is 5.11. The lowest BCUT2D eigenvalue weighted by Crippen LogP contribution is -2.23. The van der Waals surface area contributed by atoms with Crippen molar-refractivity contribution in [2.24, 2.45) is 7.05 Å². The van der Waals surface area contributed by atoms with Crippen LogP contribution in [-0.2, 0) is 13.6 Å². The predicted octanol–water partition coefficient (Wildman–Crippen LogP) is 4.89. The van der Waals surface area contributed by atoms with Gasteiger partial charge in [-0.05, 0) is 62.2 Å². The molecular formula is C24H25FN6. The van der Waals surface area contributed by atoms with Crippen LogP contribution in [-0.4, -0.2) is 31.0 Å². The lowest BCUT2D eigenvalue weighted by Gasteiger charge is -2.24. The second-order valence-electron chi connectivity index (χ2n) is 8.19. The van der Waals surface area contributed by atoms with E-state index in [0.29, 0.717) is 5.82 Å². The van der Waals surface area contributed by atoms with Crippen molar-refractivity contribution in [2.45, 2.75) is 32.4 Å². The number of nitrogens with one attached hydrogen (secondary N) is 1. The third-order valence-corrected chi connectivity index (χ3v) is 5.92. The van der Waals surface area contributed by atoms with Gasteiger partial charge in [0, 0.05) is 54.5 Å². The molecular weight excluding hydrogens is 391 g/mol. The van der Waals surface area contributed by atoms with E-state index >= 15 is 0 Å². The number of hydrogen-bond acceptors (Lipinski definition) is 5. The van der Waals surface area contributed by atoms with Crippen LogP contribution in [0.5, 0.6) is 0 Å². The number of hydrogen-bond donors (Lipinski definition) is 1. The van der Waals surface area contributed by atoms with E-state index in [-0.39, 0.29) is 11.9 Å². The summed E-state index contributed by atoms with van der Waals surface area (Å²) in [5.74, 6) is 0.512. The van der Waals surface area contributed by atoms with Crippen LogP contribution < -0.4 is 5.32 Å². The Balaban J connectivity index is 1.43. The van der Waals surface area contributed by atoms with Crippen molar-refractivity contribution in [3.8, 4) is 0 Å². The van der Waals surface area contributed by atoms with Gasteiger partial charge in [-0.2, -0.15) is 0 Å². The summed E-state index contributed by atoms with van der Waals surface area (Å²) in [4.78, 5) is 15.7. The first-order valence-electron chi connectivity index (χ1n) is 10.6. The molecule has 7 heteroatoms. The van der Waals surface area contributed by atoms with E-state index in [4.69, 9.17) is 4.98 Å². The van der Waals surface area contributed by atoms with E-state index in [9.17, 15) is 4.39 Å². The highest BCUT2D eigenvalue weighted by Crippen LogP contribution is 2.35. The summed E-state index contributed by atoms with van der Waals surface area (Å²) in [7, 11) is 2.01. The first-order chi connectivity index (χ1) is 15.1. The van der Waals surface area contributed by atoms with Crippen molar-refractivity contribution in [3.63, 3.8) is 0 Å². The van der Waals surface area contributed by atoms with Crippen LogP contribution in [0.2, 0.25) is 0 Å². The first kappa shape index (κ1) is 19.6. The van der Waals surface area contributed by atoms with Gasteiger partial charge in [0.15, 0.2) is 0 Å². The molecule has 5 rings (SSSR count). The average molecular weight is 417 g/mol. The fourth-order valence-electron chi connectivity index (χ4n) is 4.59. The Bertz CT molecular complexity index is 1220. The summed E-state index contributed by atoms with van der Waals surface area (Å²) in [5.41, 5.74) is 5.17. The Morgan fingerprint density at radius 2 is 2.10 bits per heavy atom. The van der Waals surface area contributed by atoms with Gasteiger partial charge in [0.25, 0.3) is 0 Å². The number of halogens is 1. The summed E-state index contributed by atoms with van der Waals surface area (Å²) in [5, 5.41) is 4.31. The molecule has 1 aliphatic heterocycles. The van der Waals surface area contributed by atoms with Crippen molar-refractivity contribution in [1.82, 2.24) is 24.4 Å². The van der Waals surface area contributed by atoms with Gasteiger partial charge in [-0.15, -0.1) is 0 Å². The van der Waals surface area contributed by atoms with Gasteiger partial charge >= 0.3 is 0 Å². The molecule has 1 atom stereocenters. The Hall–Kier alpha value is -3.32. The Labute approximate surface area is 180 Å². The first-order valence-corrected chi connectivity index (χ1v) is 10.6. The quantitative estimate of drug-likeness (QED) is 0.502. The summed E-state index contributed by atoms with van der Waals surface area (Å²) in [6, 6.07) is 9.36. The van der Waals surface area contributed by atoms with E-state index in [1.165, 1.54) is 6.07 Å². The zero-order valence-corrected chi connectivity index (χ0v) is 17.7. The standard InChI is InChI=1S/C24H25FN6/c1-16-10-19(29-24-13-26-7-8-27-24)12-21(28-16)23-4-3-9-31(23)15-17-14-30(2)22-6-5-18(25)11-20(17)22/h5-8,10-14,23H,3-4,9,15H2,1-2H3,(H,27,28,29). The molecule has 31 heavy (non-hydrogen) atoms. The summed E-state index contributed by atoms with van der Waals surface area (Å²) in [6.07, 6.45) is 9.32. The van der Waals surface area contributed by atoms with Crippen molar-refractivity contribution in [2.75, 3.05) is 11.9 Å². The van der Waals surface area contributed by atoms with E-state index in [0.717, 1.165) is 59.5 Å². The van der Waals surface area contributed by atoms with Crippen LogP contribution in [0.15, 0.2) is 55.1 Å². The highest BCUT2D eigenvalue weighted by Gasteiger charge is 2.28. The largest absolute Gasteiger partial charge is 0.350 e. The fraction of sp³-hybridized carbons (Fsp3) is 0.292. The number of benzene rings is 1. The number of nitrogens with zero attached hydrogens (tertiary/aromatic N) is 5. The second kappa shape index (κ2) is 8.07. The molecule has 1 aromatic carbocycles. The SMILES string of the molecule is Cc1cc(Nc2cnccn2)cc(C2CCCN2Cc2cn(C)c3ccc(F)cc23)n1. The normalized spacial score (nSPS) is 16.8. The molecule has 6 nitrogen and oxygen atoms in total. The summed E-state index contributed by atoms with van der Waals surface area (Å²) in [6.45, 7) is 3.78. The molecule has 158 valence electrons. The number of anilines is 2. The van der Waals surface area contributed by atoms with Crippen LogP contribution in [0.4, 0.5) is 15.9 Å². The number of rotatable bonds is 5. The maximum Gasteiger partial charge on any atom is 0.148 e. The molecule has 0 spiro atoms. The van der Waals surface area contributed by atoms with Crippen molar-refractivity contribution >= 4 is 22.4 Å². The molecule has 1 fully saturated rings. The summed E-state index contributed by atoms with van der Waals surface area (Å²) < 4.78 is 16.0. The minimum atomic E-state index is -0.196. The smallest absolute Gasteiger partial charge is 0.148 e. The van der Waals surface area contributed by atoms with Crippen molar-refractivity contribution < 1.29 is 4.39 Å². The summed E-state index contributed by atoms with van der Waals surface area (Å²) >= 11 is 0. The number of pyridine rings is 1. The lowest BCUT2D eigenvalue weighted by molar-refractivity contribution is 0.245. The van der Waals surface area contributed by atoms with E-state index in [1.807, 2.05) is 26.1 Å². The van der Waals surface area contributed by atoms with Gasteiger partial charge in [-0.3, -0.25) is 14.9 Å². The van der Waals surface area contributed by atoms with Crippen molar-refractivity contribution in [1.29, 1.82) is 0 Å². The van der Waals surface area contributed by atoms with Gasteiger partial charge in [0.1, 0.15) is 11.6 Å². The van der Waals surface area contributed by atoms with E-state index in [2.05, 4.69) is 37.0 Å². The molecule has 3 aromatic heterocycles. The molecule has 0 radical (unpaired) electrons. The molecule has 0 aliphatic carbocycles. The van der Waals surface area contributed by atoms with Gasteiger partial charge in [-0.25, -0.2) is 9.37 Å². The van der Waals surface area contributed by atoms with Crippen LogP contribution in [0.25, 0.3) is 10.9 Å². The van der Waals surface area contributed by atoms with Gasteiger partial charge < -0.3 is 9.88 Å². The van der Waals surface area contributed by atoms with E-state index < -0.39 is 0 Å². The molecule has 0 saturated carbocycles. The molecule has 4 aromatic rings.